The Labute approximate surface area is 44.0 Å². The van der Waals surface area contributed by atoms with Crippen molar-refractivity contribution in [2.24, 2.45) is 0 Å². The third-order valence-electron chi connectivity index (χ3n) is 0.803. The largest absolute Gasteiger partial charge is 0.341 e. The number of amidine groups is 1. The minimum atomic E-state index is 0.509. The first-order valence-electron chi connectivity index (χ1n) is 2.09. The van der Waals surface area contributed by atoms with Crippen LogP contribution in [0.25, 0.3) is 0 Å². The Bertz CT molecular complexity index is 86.1. The van der Waals surface area contributed by atoms with E-state index in [1.807, 2.05) is 0 Å². The van der Waals surface area contributed by atoms with E-state index in [1.165, 1.54) is 0 Å². The maximum Gasteiger partial charge on any atom is 0.0963 e. The van der Waals surface area contributed by atoms with Crippen molar-refractivity contribution >= 4 is 5.84 Å². The van der Waals surface area contributed by atoms with Gasteiger partial charge in [0.25, 0.3) is 0 Å². The Hall–Kier alpha value is -0.790. The van der Waals surface area contributed by atoms with Crippen LogP contribution in [0.1, 0.15) is 6.92 Å². The van der Waals surface area contributed by atoms with Crippen LogP contribution in [0.3, 0.4) is 0 Å². The molecule has 0 radical (unpaired) electrons. The Morgan fingerprint density at radius 1 is 1.86 bits per heavy atom. The van der Waals surface area contributed by atoms with Crippen molar-refractivity contribution in [3.05, 3.63) is 12.8 Å². The van der Waals surface area contributed by atoms with Crippen molar-refractivity contribution in [1.29, 1.82) is 5.41 Å². The molecule has 0 amide bonds. The molecule has 2 nitrogen and oxygen atoms in total. The first kappa shape index (κ1) is 6.21. The van der Waals surface area contributed by atoms with E-state index in [0.717, 1.165) is 0 Å². The van der Waals surface area contributed by atoms with Crippen LogP contribution in [0, 0.1) is 5.41 Å². The Kier molecular flexibility index (Phi) is 2.12. The highest BCUT2D eigenvalue weighted by atomic mass is 15.1. The summed E-state index contributed by atoms with van der Waals surface area (Å²) in [5.41, 5.74) is 0. The molecule has 0 fully saturated rings. The van der Waals surface area contributed by atoms with E-state index in [-0.39, 0.29) is 0 Å². The van der Waals surface area contributed by atoms with Gasteiger partial charge in [0, 0.05) is 7.05 Å². The summed E-state index contributed by atoms with van der Waals surface area (Å²) in [4.78, 5) is 1.64. The van der Waals surface area contributed by atoms with Crippen molar-refractivity contribution in [3.63, 3.8) is 0 Å². The lowest BCUT2D eigenvalue weighted by atomic mass is 10.6. The lowest BCUT2D eigenvalue weighted by Crippen LogP contribution is -2.14. The molecule has 0 aliphatic rings. The van der Waals surface area contributed by atoms with E-state index in [4.69, 9.17) is 5.41 Å². The van der Waals surface area contributed by atoms with Gasteiger partial charge in [-0.3, -0.25) is 5.41 Å². The first-order chi connectivity index (χ1) is 3.18. The molecule has 0 aromatic carbocycles. The van der Waals surface area contributed by atoms with Crippen LogP contribution in [0.5, 0.6) is 0 Å². The minimum Gasteiger partial charge on any atom is -0.341 e. The van der Waals surface area contributed by atoms with Gasteiger partial charge in [0.2, 0.25) is 0 Å². The predicted molar refractivity (Wildman–Crippen MR) is 31.4 cm³/mol. The second-order valence-electron chi connectivity index (χ2n) is 1.38. The molecular formula is C5H10N2. The van der Waals surface area contributed by atoms with Crippen LogP contribution in [-0.2, 0) is 0 Å². The molecule has 40 valence electrons. The second kappa shape index (κ2) is 2.39. The molecule has 0 saturated heterocycles. The van der Waals surface area contributed by atoms with Gasteiger partial charge in [-0.1, -0.05) is 6.58 Å². The number of hydrogen-bond acceptors (Lipinski definition) is 1. The molecule has 0 aliphatic heterocycles. The highest BCUT2D eigenvalue weighted by molar-refractivity contribution is 5.76. The van der Waals surface area contributed by atoms with Crippen LogP contribution in [-0.4, -0.2) is 17.8 Å². The summed E-state index contributed by atoms with van der Waals surface area (Å²) in [5, 5.41) is 6.96. The fraction of sp³-hybridized carbons (Fsp3) is 0.400. The van der Waals surface area contributed by atoms with Gasteiger partial charge in [0.15, 0.2) is 0 Å². The van der Waals surface area contributed by atoms with Gasteiger partial charge < -0.3 is 4.90 Å². The van der Waals surface area contributed by atoms with E-state index in [1.54, 1.807) is 25.1 Å². The molecular weight excluding hydrogens is 88.1 g/mol. The maximum absolute atomic E-state index is 6.96. The molecule has 0 heterocycles. The van der Waals surface area contributed by atoms with Crippen molar-refractivity contribution in [2.75, 3.05) is 7.05 Å². The molecule has 0 bridgehead atoms. The monoisotopic (exact) mass is 98.1 g/mol. The van der Waals surface area contributed by atoms with Gasteiger partial charge in [-0.2, -0.15) is 0 Å². The number of nitrogens with zero attached hydrogens (tertiary/aromatic N) is 1. The third-order valence-corrected chi connectivity index (χ3v) is 0.803. The lowest BCUT2D eigenvalue weighted by molar-refractivity contribution is 0.680. The minimum absolute atomic E-state index is 0.509. The van der Waals surface area contributed by atoms with Gasteiger partial charge in [-0.25, -0.2) is 0 Å². The lowest BCUT2D eigenvalue weighted by Gasteiger charge is -2.08. The molecule has 0 aromatic rings. The van der Waals surface area contributed by atoms with Crippen LogP contribution in [0.15, 0.2) is 12.8 Å². The Morgan fingerprint density at radius 3 is 2.29 bits per heavy atom. The SMILES string of the molecule is C=CN(C)C(C)=N. The standard InChI is InChI=1S/C5H10N2/c1-4-7(3)5(2)6/h4,6H,1H2,2-3H3. The number of rotatable bonds is 1. The zero-order valence-electron chi connectivity index (χ0n) is 4.73. The van der Waals surface area contributed by atoms with Crippen LogP contribution in [0.4, 0.5) is 0 Å². The van der Waals surface area contributed by atoms with Crippen molar-refractivity contribution in [3.8, 4) is 0 Å². The summed E-state index contributed by atoms with van der Waals surface area (Å²) in [6.07, 6.45) is 1.60. The summed E-state index contributed by atoms with van der Waals surface area (Å²) in [6, 6.07) is 0. The van der Waals surface area contributed by atoms with E-state index >= 15 is 0 Å². The average Bonchev–Trinajstić information content (AvgIpc) is 1.65. The van der Waals surface area contributed by atoms with Crippen LogP contribution >= 0.6 is 0 Å². The van der Waals surface area contributed by atoms with Crippen LogP contribution < -0.4 is 0 Å². The zero-order valence-corrected chi connectivity index (χ0v) is 4.73. The van der Waals surface area contributed by atoms with Gasteiger partial charge >= 0.3 is 0 Å². The molecule has 0 rings (SSSR count). The summed E-state index contributed by atoms with van der Waals surface area (Å²) in [7, 11) is 1.79. The molecule has 7 heavy (non-hydrogen) atoms. The fourth-order valence-electron chi connectivity index (χ4n) is 0.137. The summed E-state index contributed by atoms with van der Waals surface area (Å²) in [6.45, 7) is 5.18. The quantitative estimate of drug-likeness (QED) is 0.385. The topological polar surface area (TPSA) is 27.1 Å². The van der Waals surface area contributed by atoms with Crippen LogP contribution in [0.2, 0.25) is 0 Å². The highest BCUT2D eigenvalue weighted by Gasteiger charge is 1.85. The van der Waals surface area contributed by atoms with E-state index < -0.39 is 0 Å². The van der Waals surface area contributed by atoms with Gasteiger partial charge in [0.1, 0.15) is 0 Å². The predicted octanol–water partition coefficient (Wildman–Crippen LogP) is 1.06. The molecule has 0 aliphatic carbocycles. The third kappa shape index (κ3) is 1.98. The van der Waals surface area contributed by atoms with Gasteiger partial charge in [-0.15, -0.1) is 0 Å². The molecule has 0 spiro atoms. The molecule has 0 atom stereocenters. The molecule has 0 saturated carbocycles. The highest BCUT2D eigenvalue weighted by Crippen LogP contribution is 1.79. The second-order valence-corrected chi connectivity index (χ2v) is 1.38. The van der Waals surface area contributed by atoms with Crippen molar-refractivity contribution in [2.45, 2.75) is 6.92 Å². The molecule has 0 aromatic heterocycles. The molecule has 2 heteroatoms. The summed E-state index contributed by atoms with van der Waals surface area (Å²) >= 11 is 0. The number of hydrogen-bond donors (Lipinski definition) is 1. The normalized spacial score (nSPS) is 7.71. The first-order valence-corrected chi connectivity index (χ1v) is 2.09. The summed E-state index contributed by atoms with van der Waals surface area (Å²) in [5.74, 6) is 0.509. The van der Waals surface area contributed by atoms with E-state index in [2.05, 4.69) is 6.58 Å². The van der Waals surface area contributed by atoms with Gasteiger partial charge in [0.05, 0.1) is 5.84 Å². The van der Waals surface area contributed by atoms with Crippen molar-refractivity contribution in [1.82, 2.24) is 4.90 Å². The molecule has 1 N–H and O–H groups in total. The Balaban J connectivity index is 3.55. The summed E-state index contributed by atoms with van der Waals surface area (Å²) < 4.78 is 0. The zero-order chi connectivity index (χ0) is 5.86. The maximum atomic E-state index is 6.96. The van der Waals surface area contributed by atoms with Gasteiger partial charge in [-0.05, 0) is 13.1 Å². The molecule has 0 unspecified atom stereocenters. The van der Waals surface area contributed by atoms with E-state index in [9.17, 15) is 0 Å². The van der Waals surface area contributed by atoms with Crippen molar-refractivity contribution < 1.29 is 0 Å². The Morgan fingerprint density at radius 2 is 2.29 bits per heavy atom. The van der Waals surface area contributed by atoms with E-state index in [0.29, 0.717) is 5.84 Å². The number of nitrogens with one attached hydrogen (secondary N) is 1. The average molecular weight is 98.1 g/mol. The fourth-order valence-corrected chi connectivity index (χ4v) is 0.137. The smallest absolute Gasteiger partial charge is 0.0963 e.